The van der Waals surface area contributed by atoms with Gasteiger partial charge in [-0.25, -0.2) is 0 Å². The second-order valence-electron chi connectivity index (χ2n) is 6.95. The van der Waals surface area contributed by atoms with Gasteiger partial charge in [-0.3, -0.25) is 29.4 Å². The molecule has 1 aromatic rings. The number of nitro groups is 1. The van der Waals surface area contributed by atoms with E-state index in [2.05, 4.69) is 5.32 Å². The lowest BCUT2D eigenvalue weighted by Gasteiger charge is -2.17. The summed E-state index contributed by atoms with van der Waals surface area (Å²) < 4.78 is 5.10. The molecule has 3 amide bonds. The fourth-order valence-electron chi connectivity index (χ4n) is 4.36. The Morgan fingerprint density at radius 1 is 1.26 bits per heavy atom. The number of imide groups is 1. The number of nitrogens with one attached hydrogen (secondary N) is 1. The van der Waals surface area contributed by atoms with E-state index in [-0.39, 0.29) is 52.6 Å². The van der Waals surface area contributed by atoms with Crippen molar-refractivity contribution in [3.63, 3.8) is 0 Å². The number of benzene rings is 1. The number of allylic oxidation sites excluding steroid dienone is 2. The van der Waals surface area contributed by atoms with Gasteiger partial charge in [0.15, 0.2) is 0 Å². The van der Waals surface area contributed by atoms with Crippen molar-refractivity contribution in [2.75, 3.05) is 19.0 Å². The summed E-state index contributed by atoms with van der Waals surface area (Å²) in [7, 11) is 1.37. The third-order valence-corrected chi connectivity index (χ3v) is 5.53. The number of rotatable bonds is 5. The van der Waals surface area contributed by atoms with E-state index in [1.165, 1.54) is 25.3 Å². The Morgan fingerprint density at radius 2 is 1.89 bits per heavy atom. The van der Waals surface area contributed by atoms with Crippen LogP contribution in [0.5, 0.6) is 5.75 Å². The summed E-state index contributed by atoms with van der Waals surface area (Å²) in [5.74, 6) is -1.60. The molecule has 9 nitrogen and oxygen atoms in total. The largest absolute Gasteiger partial charge is 0.495 e. The Balaban J connectivity index is 1.49. The van der Waals surface area contributed by atoms with Gasteiger partial charge in [-0.15, -0.1) is 0 Å². The van der Waals surface area contributed by atoms with Crippen molar-refractivity contribution >= 4 is 29.1 Å². The number of nitro benzene ring substituents is 1. The van der Waals surface area contributed by atoms with Crippen molar-refractivity contribution in [3.05, 3.63) is 40.5 Å². The fraction of sp³-hybridized carbons (Fsp3) is 0.389. The molecule has 1 saturated carbocycles. The maximum absolute atomic E-state index is 12.6. The molecule has 1 aliphatic heterocycles. The number of hydrogen-bond acceptors (Lipinski definition) is 6. The van der Waals surface area contributed by atoms with Crippen LogP contribution in [0.1, 0.15) is 6.42 Å². The summed E-state index contributed by atoms with van der Waals surface area (Å²) in [6, 6.07) is 3.79. The maximum atomic E-state index is 12.6. The van der Waals surface area contributed by atoms with Crippen LogP contribution >= 0.6 is 0 Å². The Kier molecular flexibility index (Phi) is 3.94. The zero-order chi connectivity index (χ0) is 19.3. The van der Waals surface area contributed by atoms with Crippen molar-refractivity contribution in [2.24, 2.45) is 23.7 Å². The first-order valence-electron chi connectivity index (χ1n) is 8.56. The average Bonchev–Trinajstić information content (AvgIpc) is 3.31. The molecular formula is C18H17N3O6. The van der Waals surface area contributed by atoms with Crippen LogP contribution in [0.25, 0.3) is 0 Å². The molecule has 1 saturated heterocycles. The molecule has 2 fully saturated rings. The Hall–Kier alpha value is -3.23. The summed E-state index contributed by atoms with van der Waals surface area (Å²) in [6.07, 6.45) is 4.78. The molecule has 0 unspecified atom stereocenters. The minimum Gasteiger partial charge on any atom is -0.495 e. The molecule has 2 aliphatic carbocycles. The van der Waals surface area contributed by atoms with E-state index in [1.807, 2.05) is 12.2 Å². The van der Waals surface area contributed by atoms with E-state index in [0.29, 0.717) is 0 Å². The summed E-state index contributed by atoms with van der Waals surface area (Å²) in [6.45, 7) is -0.421. The summed E-state index contributed by atoms with van der Waals surface area (Å²) in [4.78, 5) is 49.0. The van der Waals surface area contributed by atoms with Crippen molar-refractivity contribution in [1.82, 2.24) is 4.90 Å². The predicted octanol–water partition coefficient (Wildman–Crippen LogP) is 1.35. The van der Waals surface area contributed by atoms with Crippen LogP contribution in [0, 0.1) is 33.8 Å². The fourth-order valence-corrected chi connectivity index (χ4v) is 4.36. The normalized spacial score (nSPS) is 27.8. The quantitative estimate of drug-likeness (QED) is 0.361. The van der Waals surface area contributed by atoms with Crippen molar-refractivity contribution in [1.29, 1.82) is 0 Å². The minimum absolute atomic E-state index is 0.0707. The Bertz CT molecular complexity index is 865. The smallest absolute Gasteiger partial charge is 0.271 e. The molecule has 4 atom stereocenters. The van der Waals surface area contributed by atoms with Crippen LogP contribution in [0.15, 0.2) is 30.4 Å². The molecule has 0 radical (unpaired) electrons. The van der Waals surface area contributed by atoms with Crippen molar-refractivity contribution in [2.45, 2.75) is 6.42 Å². The third kappa shape index (κ3) is 2.66. The molecular weight excluding hydrogens is 354 g/mol. The van der Waals surface area contributed by atoms with Crippen molar-refractivity contribution in [3.8, 4) is 5.75 Å². The average molecular weight is 371 g/mol. The highest BCUT2D eigenvalue weighted by Gasteiger charge is 2.59. The van der Waals surface area contributed by atoms with Gasteiger partial charge < -0.3 is 10.1 Å². The van der Waals surface area contributed by atoms with Gasteiger partial charge >= 0.3 is 0 Å². The van der Waals surface area contributed by atoms with Gasteiger partial charge in [0.2, 0.25) is 17.7 Å². The summed E-state index contributed by atoms with van der Waals surface area (Å²) in [5.41, 5.74) is -0.102. The highest BCUT2D eigenvalue weighted by atomic mass is 16.6. The molecule has 3 aliphatic rings. The van der Waals surface area contributed by atoms with Crippen LogP contribution in [-0.4, -0.2) is 41.2 Å². The zero-order valence-corrected chi connectivity index (χ0v) is 14.5. The van der Waals surface area contributed by atoms with Gasteiger partial charge in [0.1, 0.15) is 12.3 Å². The van der Waals surface area contributed by atoms with Crippen LogP contribution in [0.4, 0.5) is 11.4 Å². The zero-order valence-electron chi connectivity index (χ0n) is 14.5. The highest BCUT2D eigenvalue weighted by Crippen LogP contribution is 2.52. The minimum atomic E-state index is -0.615. The van der Waals surface area contributed by atoms with E-state index in [0.717, 1.165) is 11.3 Å². The van der Waals surface area contributed by atoms with Crippen LogP contribution < -0.4 is 10.1 Å². The lowest BCUT2D eigenvalue weighted by atomic mass is 9.85. The molecule has 4 rings (SSSR count). The Labute approximate surface area is 154 Å². The van der Waals surface area contributed by atoms with Gasteiger partial charge in [-0.1, -0.05) is 12.2 Å². The van der Waals surface area contributed by atoms with Crippen LogP contribution in [-0.2, 0) is 14.4 Å². The molecule has 1 heterocycles. The number of fused-ring (bicyclic) bond motifs is 5. The first-order chi connectivity index (χ1) is 12.9. The van der Waals surface area contributed by atoms with Gasteiger partial charge in [-0.05, 0) is 24.3 Å². The number of hydrogen-bond donors (Lipinski definition) is 1. The van der Waals surface area contributed by atoms with Crippen LogP contribution in [0.2, 0.25) is 0 Å². The number of amides is 3. The number of non-ortho nitro benzene ring substituents is 1. The Morgan fingerprint density at radius 3 is 2.44 bits per heavy atom. The molecule has 27 heavy (non-hydrogen) atoms. The third-order valence-electron chi connectivity index (χ3n) is 5.53. The van der Waals surface area contributed by atoms with E-state index in [4.69, 9.17) is 4.74 Å². The van der Waals surface area contributed by atoms with Crippen LogP contribution in [0.3, 0.4) is 0 Å². The van der Waals surface area contributed by atoms with E-state index < -0.39 is 17.4 Å². The molecule has 1 aromatic carbocycles. The van der Waals surface area contributed by atoms with E-state index in [9.17, 15) is 24.5 Å². The molecule has 2 bridgehead atoms. The number of anilines is 1. The first-order valence-corrected chi connectivity index (χ1v) is 8.56. The molecule has 1 N–H and O–H groups in total. The lowest BCUT2D eigenvalue weighted by molar-refractivity contribution is -0.384. The molecule has 9 heteroatoms. The van der Waals surface area contributed by atoms with Gasteiger partial charge in [-0.2, -0.15) is 0 Å². The number of ether oxygens (including phenoxy) is 1. The maximum Gasteiger partial charge on any atom is 0.271 e. The van der Waals surface area contributed by atoms with E-state index in [1.54, 1.807) is 0 Å². The number of carbonyl (C=O) groups is 3. The summed E-state index contributed by atoms with van der Waals surface area (Å²) in [5, 5.41) is 13.4. The monoisotopic (exact) mass is 371 g/mol. The topological polar surface area (TPSA) is 119 Å². The SMILES string of the molecule is COc1ccc([N+](=O)[O-])cc1NC(=O)CN1C(=O)[C@@H]2[C@H](C1=O)[C@@H]1C=C[C@H]2C1. The second kappa shape index (κ2) is 6.19. The highest BCUT2D eigenvalue weighted by molar-refractivity contribution is 6.09. The summed E-state index contributed by atoms with van der Waals surface area (Å²) >= 11 is 0. The molecule has 140 valence electrons. The van der Waals surface area contributed by atoms with Gasteiger partial charge in [0.05, 0.1) is 29.6 Å². The molecule has 0 aromatic heterocycles. The lowest BCUT2D eigenvalue weighted by Crippen LogP contribution is -2.39. The number of likely N-dealkylation sites (tertiary alicyclic amines) is 1. The number of nitrogens with zero attached hydrogens (tertiary/aromatic N) is 2. The van der Waals surface area contributed by atoms with Crippen molar-refractivity contribution < 1.29 is 24.0 Å². The van der Waals surface area contributed by atoms with Gasteiger partial charge in [0, 0.05) is 12.1 Å². The predicted molar refractivity (Wildman–Crippen MR) is 92.7 cm³/mol. The second-order valence-corrected chi connectivity index (χ2v) is 6.95. The number of methoxy groups -OCH3 is 1. The standard InChI is InChI=1S/C18H17N3O6/c1-27-13-5-4-11(21(25)26)7-12(13)19-14(22)8-20-17(23)15-9-2-3-10(6-9)16(15)18(20)24/h2-5,7,9-10,15-16H,6,8H2,1H3,(H,19,22)/t9-,10+,15-,16+. The van der Waals surface area contributed by atoms with Gasteiger partial charge in [0.25, 0.3) is 5.69 Å². The van der Waals surface area contributed by atoms with E-state index >= 15 is 0 Å². The number of carbonyl (C=O) groups excluding carboxylic acids is 3. The first kappa shape index (κ1) is 17.2. The molecule has 0 spiro atoms.